The van der Waals surface area contributed by atoms with Gasteiger partial charge in [-0.1, -0.05) is 0 Å². The van der Waals surface area contributed by atoms with Gasteiger partial charge in [-0.2, -0.15) is 15.1 Å². The van der Waals surface area contributed by atoms with E-state index < -0.39 is 0 Å². The molecule has 0 saturated carbocycles. The molecule has 0 saturated heterocycles. The number of aromatic amines is 1. The number of aliphatic hydroxyl groups is 2. The van der Waals surface area contributed by atoms with Crippen LogP contribution >= 0.6 is 0 Å². The molecule has 0 aliphatic heterocycles. The van der Waals surface area contributed by atoms with E-state index in [0.29, 0.717) is 37.0 Å². The second-order valence-electron chi connectivity index (χ2n) is 3.97. The number of fused-ring (bicyclic) bond motifs is 1. The number of nitrogens with one attached hydrogen (secondary N) is 2. The van der Waals surface area contributed by atoms with Crippen LogP contribution in [0.3, 0.4) is 0 Å². The van der Waals surface area contributed by atoms with E-state index in [2.05, 4.69) is 25.5 Å². The van der Waals surface area contributed by atoms with Crippen LogP contribution in [0.1, 0.15) is 6.92 Å². The Balaban J connectivity index is 2.45. The topological polar surface area (TPSA) is 110 Å². The lowest BCUT2D eigenvalue weighted by molar-refractivity contribution is 0.281. The maximum absolute atomic E-state index is 9.11. The maximum Gasteiger partial charge on any atom is 0.226 e. The third kappa shape index (κ3) is 2.91. The molecule has 4 N–H and O–H groups in total. The first-order chi connectivity index (χ1) is 9.30. The van der Waals surface area contributed by atoms with Crippen LogP contribution < -0.4 is 10.2 Å². The lowest BCUT2D eigenvalue weighted by atomic mass is 10.3. The highest BCUT2D eigenvalue weighted by Crippen LogP contribution is 2.23. The van der Waals surface area contributed by atoms with Crippen molar-refractivity contribution in [2.75, 3.05) is 43.1 Å². The van der Waals surface area contributed by atoms with Crippen LogP contribution in [0.15, 0.2) is 6.20 Å². The Morgan fingerprint density at radius 3 is 2.63 bits per heavy atom. The summed E-state index contributed by atoms with van der Waals surface area (Å²) in [4.78, 5) is 10.5. The van der Waals surface area contributed by atoms with E-state index >= 15 is 0 Å². The van der Waals surface area contributed by atoms with Gasteiger partial charge in [0.1, 0.15) is 5.82 Å². The molecule has 2 aromatic heterocycles. The van der Waals surface area contributed by atoms with Crippen molar-refractivity contribution in [1.29, 1.82) is 0 Å². The maximum atomic E-state index is 9.11. The molecule has 2 heterocycles. The number of hydrogen-bond acceptors (Lipinski definition) is 7. The number of H-pyrrole nitrogens is 1. The summed E-state index contributed by atoms with van der Waals surface area (Å²) in [5.74, 6) is 1.15. The smallest absolute Gasteiger partial charge is 0.226 e. The molecular formula is C11H18N6O2. The lowest BCUT2D eigenvalue weighted by Gasteiger charge is -2.22. The van der Waals surface area contributed by atoms with Gasteiger partial charge in [0.15, 0.2) is 5.65 Å². The highest BCUT2D eigenvalue weighted by Gasteiger charge is 2.15. The molecule has 0 amide bonds. The normalized spacial score (nSPS) is 10.9. The number of aliphatic hydroxyl groups excluding tert-OH is 2. The zero-order valence-electron chi connectivity index (χ0n) is 10.8. The van der Waals surface area contributed by atoms with Crippen LogP contribution in [-0.2, 0) is 0 Å². The van der Waals surface area contributed by atoms with Crippen molar-refractivity contribution in [3.05, 3.63) is 6.20 Å². The van der Waals surface area contributed by atoms with Gasteiger partial charge in [0.25, 0.3) is 0 Å². The van der Waals surface area contributed by atoms with Crippen LogP contribution in [0, 0.1) is 0 Å². The van der Waals surface area contributed by atoms with E-state index in [4.69, 9.17) is 10.2 Å². The van der Waals surface area contributed by atoms with E-state index in [-0.39, 0.29) is 13.2 Å². The molecular weight excluding hydrogens is 248 g/mol. The molecule has 0 spiro atoms. The Kier molecular flexibility index (Phi) is 4.48. The number of hydrogen-bond donors (Lipinski definition) is 4. The van der Waals surface area contributed by atoms with Crippen molar-refractivity contribution in [2.24, 2.45) is 0 Å². The molecule has 0 aliphatic carbocycles. The number of nitrogens with zero attached hydrogens (tertiary/aromatic N) is 4. The Morgan fingerprint density at radius 1 is 1.26 bits per heavy atom. The molecule has 0 aliphatic rings. The standard InChI is InChI=1S/C11H18N6O2/c1-2-12-11-14-9-8(7-13-16-9)10(15-11)17(3-5-18)4-6-19/h7,18-19H,2-6H2,1H3,(H2,12,13,14,15,16). The van der Waals surface area contributed by atoms with E-state index in [1.54, 1.807) is 11.1 Å². The predicted octanol–water partition coefficient (Wildman–Crippen LogP) is -0.424. The van der Waals surface area contributed by atoms with Gasteiger partial charge in [0, 0.05) is 19.6 Å². The number of rotatable bonds is 7. The van der Waals surface area contributed by atoms with E-state index in [1.165, 1.54) is 0 Å². The zero-order valence-corrected chi connectivity index (χ0v) is 10.8. The van der Waals surface area contributed by atoms with Crippen LogP contribution in [0.5, 0.6) is 0 Å². The third-order valence-electron chi connectivity index (χ3n) is 2.66. The SMILES string of the molecule is CCNc1nc(N(CCO)CCO)c2cn[nH]c2n1. The minimum absolute atomic E-state index is 0.0140. The average Bonchev–Trinajstić information content (AvgIpc) is 2.86. The summed E-state index contributed by atoms with van der Waals surface area (Å²) >= 11 is 0. The fourth-order valence-corrected chi connectivity index (χ4v) is 1.86. The summed E-state index contributed by atoms with van der Waals surface area (Å²) in [5.41, 5.74) is 0.627. The molecule has 0 atom stereocenters. The molecule has 0 unspecified atom stereocenters. The van der Waals surface area contributed by atoms with Crippen molar-refractivity contribution in [3.8, 4) is 0 Å². The van der Waals surface area contributed by atoms with Gasteiger partial charge in [-0.05, 0) is 6.92 Å². The lowest BCUT2D eigenvalue weighted by Crippen LogP contribution is -2.30. The first-order valence-electron chi connectivity index (χ1n) is 6.21. The van der Waals surface area contributed by atoms with Crippen LogP contribution in [0.25, 0.3) is 11.0 Å². The molecule has 2 aromatic rings. The predicted molar refractivity (Wildman–Crippen MR) is 72.2 cm³/mol. The Labute approximate surface area is 110 Å². The fourth-order valence-electron chi connectivity index (χ4n) is 1.86. The summed E-state index contributed by atoms with van der Waals surface area (Å²) in [5, 5.41) is 28.8. The Morgan fingerprint density at radius 2 is 2.00 bits per heavy atom. The highest BCUT2D eigenvalue weighted by atomic mass is 16.3. The van der Waals surface area contributed by atoms with Crippen molar-refractivity contribution in [3.63, 3.8) is 0 Å². The highest BCUT2D eigenvalue weighted by molar-refractivity contribution is 5.87. The van der Waals surface area contributed by atoms with Crippen molar-refractivity contribution in [2.45, 2.75) is 6.92 Å². The Hall–Kier alpha value is -1.93. The summed E-state index contributed by atoms with van der Waals surface area (Å²) < 4.78 is 0. The number of anilines is 2. The van der Waals surface area contributed by atoms with E-state index in [9.17, 15) is 0 Å². The largest absolute Gasteiger partial charge is 0.395 e. The monoisotopic (exact) mass is 266 g/mol. The molecule has 8 nitrogen and oxygen atoms in total. The van der Waals surface area contributed by atoms with Crippen LogP contribution in [0.4, 0.5) is 11.8 Å². The minimum atomic E-state index is -0.0140. The summed E-state index contributed by atoms with van der Waals surface area (Å²) in [6, 6.07) is 0. The average molecular weight is 266 g/mol. The van der Waals surface area contributed by atoms with E-state index in [1.807, 2.05) is 6.92 Å². The number of aromatic nitrogens is 4. The minimum Gasteiger partial charge on any atom is -0.395 e. The molecule has 0 fully saturated rings. The first-order valence-corrected chi connectivity index (χ1v) is 6.21. The molecule has 2 rings (SSSR count). The van der Waals surface area contributed by atoms with Crippen molar-refractivity contribution >= 4 is 22.8 Å². The van der Waals surface area contributed by atoms with E-state index in [0.717, 1.165) is 5.39 Å². The summed E-state index contributed by atoms with van der Waals surface area (Å²) in [6.07, 6.45) is 1.64. The molecule has 19 heavy (non-hydrogen) atoms. The zero-order chi connectivity index (χ0) is 13.7. The van der Waals surface area contributed by atoms with Gasteiger partial charge in [0.05, 0.1) is 24.8 Å². The van der Waals surface area contributed by atoms with Gasteiger partial charge in [-0.3, -0.25) is 5.10 Å². The molecule has 104 valence electrons. The van der Waals surface area contributed by atoms with Gasteiger partial charge >= 0.3 is 0 Å². The second-order valence-corrected chi connectivity index (χ2v) is 3.97. The summed E-state index contributed by atoms with van der Waals surface area (Å²) in [7, 11) is 0. The van der Waals surface area contributed by atoms with Crippen molar-refractivity contribution in [1.82, 2.24) is 20.2 Å². The second kappa shape index (κ2) is 6.30. The summed E-state index contributed by atoms with van der Waals surface area (Å²) in [6.45, 7) is 3.42. The molecule has 0 radical (unpaired) electrons. The van der Waals surface area contributed by atoms with Gasteiger partial charge in [0.2, 0.25) is 5.95 Å². The molecule has 0 aromatic carbocycles. The quantitative estimate of drug-likeness (QED) is 0.538. The first kappa shape index (κ1) is 13.5. The van der Waals surface area contributed by atoms with Crippen LogP contribution in [0.2, 0.25) is 0 Å². The third-order valence-corrected chi connectivity index (χ3v) is 2.66. The molecule has 8 heteroatoms. The van der Waals surface area contributed by atoms with Gasteiger partial charge < -0.3 is 20.4 Å². The van der Waals surface area contributed by atoms with Crippen molar-refractivity contribution < 1.29 is 10.2 Å². The van der Waals surface area contributed by atoms with Crippen LogP contribution in [-0.4, -0.2) is 63.2 Å². The fraction of sp³-hybridized carbons (Fsp3) is 0.545. The Bertz CT molecular complexity index is 523. The molecule has 0 bridgehead atoms. The van der Waals surface area contributed by atoms with Gasteiger partial charge in [-0.25, -0.2) is 0 Å². The van der Waals surface area contributed by atoms with Gasteiger partial charge in [-0.15, -0.1) is 0 Å².